The molecule has 0 N–H and O–H groups in total. The molecule has 0 bridgehead atoms. The Morgan fingerprint density at radius 2 is 1.69 bits per heavy atom. The van der Waals surface area contributed by atoms with E-state index in [1.165, 1.54) is 11.3 Å². The number of rotatable bonds is 3. The van der Waals surface area contributed by atoms with Gasteiger partial charge >= 0.3 is 6.09 Å². The van der Waals surface area contributed by atoms with Crippen LogP contribution in [0.3, 0.4) is 0 Å². The van der Waals surface area contributed by atoms with Gasteiger partial charge in [-0.1, -0.05) is 35.9 Å². The zero-order valence-corrected chi connectivity index (χ0v) is 20.6. The summed E-state index contributed by atoms with van der Waals surface area (Å²) >= 11 is 7.95. The lowest BCUT2D eigenvalue weighted by Gasteiger charge is -2.37. The molecule has 0 saturated carbocycles. The number of carbonyl (C=O) groups is 1. The average molecular weight is 493 g/mol. The summed E-state index contributed by atoms with van der Waals surface area (Å²) in [6.07, 6.45) is -0.325. The molecule has 1 saturated heterocycles. The summed E-state index contributed by atoms with van der Waals surface area (Å²) in [7, 11) is -3.64. The van der Waals surface area contributed by atoms with Crippen molar-refractivity contribution in [1.82, 2.24) is 4.90 Å². The lowest BCUT2D eigenvalue weighted by atomic mass is 10.2. The molecule has 0 radical (unpaired) electrons. The quantitative estimate of drug-likeness (QED) is 0.486. The summed E-state index contributed by atoms with van der Waals surface area (Å²) < 4.78 is 32.7. The van der Waals surface area contributed by atoms with E-state index >= 15 is 0 Å². The molecule has 0 aliphatic carbocycles. The fourth-order valence-corrected chi connectivity index (χ4v) is 6.99. The maximum atomic E-state index is 13.2. The van der Waals surface area contributed by atoms with Crippen molar-refractivity contribution in [2.24, 2.45) is 0 Å². The van der Waals surface area contributed by atoms with Gasteiger partial charge in [0.2, 0.25) is 9.84 Å². The Bertz CT molecular complexity index is 1240. The molecule has 1 fully saturated rings. The molecule has 0 unspecified atom stereocenters. The molecule has 2 aromatic carbocycles. The third-order valence-corrected chi connectivity index (χ3v) is 8.49. The van der Waals surface area contributed by atoms with Crippen molar-refractivity contribution in [3.63, 3.8) is 0 Å². The first-order chi connectivity index (χ1) is 15.1. The van der Waals surface area contributed by atoms with Gasteiger partial charge in [-0.25, -0.2) is 13.2 Å². The number of ether oxygens (including phenoxy) is 1. The minimum atomic E-state index is -3.64. The number of hydrogen-bond donors (Lipinski definition) is 0. The van der Waals surface area contributed by atoms with E-state index in [9.17, 15) is 13.2 Å². The fourth-order valence-electron chi connectivity index (χ4n) is 3.70. The predicted molar refractivity (Wildman–Crippen MR) is 129 cm³/mol. The highest BCUT2D eigenvalue weighted by molar-refractivity contribution is 7.92. The normalized spacial score (nSPS) is 15.2. The van der Waals surface area contributed by atoms with Crippen LogP contribution in [0.25, 0.3) is 10.1 Å². The number of amides is 1. The van der Waals surface area contributed by atoms with Gasteiger partial charge in [-0.05, 0) is 39.0 Å². The number of anilines is 1. The molecule has 3 aromatic rings. The average Bonchev–Trinajstić information content (AvgIpc) is 3.18. The maximum absolute atomic E-state index is 13.2. The van der Waals surface area contributed by atoms with Crippen LogP contribution in [0.5, 0.6) is 0 Å². The van der Waals surface area contributed by atoms with Gasteiger partial charge in [-0.2, -0.15) is 0 Å². The molecule has 1 amide bonds. The van der Waals surface area contributed by atoms with Crippen LogP contribution in [0.4, 0.5) is 10.5 Å². The topological polar surface area (TPSA) is 66.9 Å². The fraction of sp³-hybridized carbons (Fsp3) is 0.348. The molecular formula is C23H25ClN2O4S2. The largest absolute Gasteiger partial charge is 0.444 e. The molecule has 6 nitrogen and oxygen atoms in total. The summed E-state index contributed by atoms with van der Waals surface area (Å²) in [4.78, 5) is 16.7. The lowest BCUT2D eigenvalue weighted by Crippen LogP contribution is -2.50. The first kappa shape index (κ1) is 22.9. The summed E-state index contributed by atoms with van der Waals surface area (Å²) in [5, 5.41) is 2.91. The number of sulfone groups is 1. The number of hydrogen-bond acceptors (Lipinski definition) is 6. The van der Waals surface area contributed by atoms with Crippen LogP contribution in [0, 0.1) is 0 Å². The Hall–Kier alpha value is -2.29. The third-order valence-electron chi connectivity index (χ3n) is 5.22. The van der Waals surface area contributed by atoms with E-state index in [-0.39, 0.29) is 15.9 Å². The van der Waals surface area contributed by atoms with Crippen LogP contribution in [0.15, 0.2) is 57.6 Å². The van der Waals surface area contributed by atoms with Crippen molar-refractivity contribution in [2.45, 2.75) is 36.2 Å². The van der Waals surface area contributed by atoms with Gasteiger partial charge in [0.25, 0.3) is 0 Å². The molecule has 1 aromatic heterocycles. The number of carbonyl (C=O) groups excluding carboxylic acids is 1. The molecular weight excluding hydrogens is 468 g/mol. The van der Waals surface area contributed by atoms with Crippen molar-refractivity contribution in [3.05, 3.63) is 52.9 Å². The number of piperazine rings is 1. The molecule has 9 heteroatoms. The number of benzene rings is 2. The van der Waals surface area contributed by atoms with E-state index in [0.717, 1.165) is 10.4 Å². The zero-order chi connectivity index (χ0) is 23.1. The van der Waals surface area contributed by atoms with Crippen molar-refractivity contribution < 1.29 is 17.9 Å². The van der Waals surface area contributed by atoms with Gasteiger partial charge in [0.05, 0.1) is 25.2 Å². The van der Waals surface area contributed by atoms with Gasteiger partial charge in [-0.15, -0.1) is 11.3 Å². The van der Waals surface area contributed by atoms with Gasteiger partial charge < -0.3 is 14.5 Å². The van der Waals surface area contributed by atoms with E-state index in [2.05, 4.69) is 4.90 Å². The molecule has 1 aliphatic heterocycles. The van der Waals surface area contributed by atoms with Crippen molar-refractivity contribution >= 4 is 54.6 Å². The molecule has 0 spiro atoms. The standard InChI is InChI=1S/C23H25ClN2O4S2/c1-23(2,3)30-22(27)26-13-11-25(12-14-26)20-18(24)10-9-17-19(15-31-21(17)20)32(28,29)16-7-5-4-6-8-16/h4-10,15H,11-14H2,1-3H3. The van der Waals surface area contributed by atoms with Gasteiger partial charge in [0.15, 0.2) is 0 Å². The van der Waals surface area contributed by atoms with Crippen LogP contribution in [0.1, 0.15) is 20.8 Å². The summed E-state index contributed by atoms with van der Waals surface area (Å²) in [5.74, 6) is 0. The Morgan fingerprint density at radius 1 is 1.03 bits per heavy atom. The Morgan fingerprint density at radius 3 is 2.31 bits per heavy atom. The highest BCUT2D eigenvalue weighted by atomic mass is 35.5. The second-order valence-electron chi connectivity index (χ2n) is 8.64. The number of fused-ring (bicyclic) bond motifs is 1. The van der Waals surface area contributed by atoms with Crippen LogP contribution >= 0.6 is 22.9 Å². The van der Waals surface area contributed by atoms with E-state index in [4.69, 9.17) is 16.3 Å². The summed E-state index contributed by atoms with van der Waals surface area (Å²) in [5.41, 5.74) is 0.272. The summed E-state index contributed by atoms with van der Waals surface area (Å²) in [6, 6.07) is 11.9. The zero-order valence-electron chi connectivity index (χ0n) is 18.2. The Balaban J connectivity index is 1.63. The van der Waals surface area contributed by atoms with E-state index in [0.29, 0.717) is 36.6 Å². The SMILES string of the molecule is CC(C)(C)OC(=O)N1CCN(c2c(Cl)ccc3c(S(=O)(=O)c4ccccc4)csc23)CC1. The van der Waals surface area contributed by atoms with Gasteiger partial charge in [-0.3, -0.25) is 0 Å². The first-order valence-electron chi connectivity index (χ1n) is 10.3. The van der Waals surface area contributed by atoms with Crippen molar-refractivity contribution in [3.8, 4) is 0 Å². The molecule has 170 valence electrons. The van der Waals surface area contributed by atoms with Crippen LogP contribution in [0.2, 0.25) is 5.02 Å². The number of nitrogens with zero attached hydrogens (tertiary/aromatic N) is 2. The number of thiophene rings is 1. The van der Waals surface area contributed by atoms with Gasteiger partial charge in [0.1, 0.15) is 5.60 Å². The lowest BCUT2D eigenvalue weighted by molar-refractivity contribution is 0.0240. The van der Waals surface area contributed by atoms with Crippen LogP contribution in [-0.2, 0) is 14.6 Å². The molecule has 1 aliphatic rings. The predicted octanol–water partition coefficient (Wildman–Crippen LogP) is 5.44. The number of halogens is 1. The minimum Gasteiger partial charge on any atom is -0.444 e. The molecule has 2 heterocycles. The van der Waals surface area contributed by atoms with Crippen molar-refractivity contribution in [1.29, 1.82) is 0 Å². The summed E-state index contributed by atoms with van der Waals surface area (Å²) in [6.45, 7) is 7.70. The van der Waals surface area contributed by atoms with Gasteiger partial charge in [0, 0.05) is 36.9 Å². The monoisotopic (exact) mass is 492 g/mol. The molecule has 4 rings (SSSR count). The second-order valence-corrected chi connectivity index (χ2v) is 11.8. The van der Waals surface area contributed by atoms with Crippen molar-refractivity contribution in [2.75, 3.05) is 31.1 Å². The third kappa shape index (κ3) is 4.44. The van der Waals surface area contributed by atoms with E-state index < -0.39 is 15.4 Å². The molecule has 32 heavy (non-hydrogen) atoms. The second kappa shape index (κ2) is 8.57. The Kier molecular flexibility index (Phi) is 6.13. The van der Waals surface area contributed by atoms with Crippen LogP contribution in [-0.4, -0.2) is 51.2 Å². The van der Waals surface area contributed by atoms with E-state index in [1.807, 2.05) is 20.8 Å². The smallest absolute Gasteiger partial charge is 0.410 e. The highest BCUT2D eigenvalue weighted by Gasteiger charge is 2.29. The minimum absolute atomic E-state index is 0.266. The Labute approximate surface area is 197 Å². The van der Waals surface area contributed by atoms with E-state index in [1.54, 1.807) is 52.7 Å². The highest BCUT2D eigenvalue weighted by Crippen LogP contribution is 2.42. The first-order valence-corrected chi connectivity index (χ1v) is 13.0. The molecule has 0 atom stereocenters. The van der Waals surface area contributed by atoms with Crippen LogP contribution < -0.4 is 4.90 Å². The maximum Gasteiger partial charge on any atom is 0.410 e.